The molecular weight excluding hydrogens is 132 g/mol. The van der Waals surface area contributed by atoms with Gasteiger partial charge in [-0.25, -0.2) is 0 Å². The maximum Gasteiger partial charge on any atom is 0.202 e. The minimum atomic E-state index is -0.673. The standard InChI is InChI=1S/C7H4O3/c1-5(9)7-3-2-6(4-8)10-7/h1-4H. The van der Waals surface area contributed by atoms with Crippen molar-refractivity contribution >= 4 is 12.1 Å². The lowest BCUT2D eigenvalue weighted by atomic mass is 10.3. The predicted octanol–water partition coefficient (Wildman–Crippen LogP) is 0.986. The normalized spacial score (nSPS) is 9.30. The highest BCUT2D eigenvalue weighted by Gasteiger charge is 2.04. The van der Waals surface area contributed by atoms with Gasteiger partial charge in [0.05, 0.1) is 0 Å². The van der Waals surface area contributed by atoms with Crippen LogP contribution in [0.15, 0.2) is 16.5 Å². The summed E-state index contributed by atoms with van der Waals surface area (Å²) in [4.78, 5) is 20.3. The van der Waals surface area contributed by atoms with Gasteiger partial charge >= 0.3 is 0 Å². The zero-order valence-corrected chi connectivity index (χ0v) is 5.03. The van der Waals surface area contributed by atoms with E-state index < -0.39 is 5.78 Å². The van der Waals surface area contributed by atoms with E-state index in [9.17, 15) is 9.59 Å². The first-order valence-corrected chi connectivity index (χ1v) is 2.59. The number of furan rings is 1. The number of hydrogen-bond acceptors (Lipinski definition) is 3. The topological polar surface area (TPSA) is 47.3 Å². The molecule has 0 spiro atoms. The number of ketones is 1. The highest BCUT2D eigenvalue weighted by atomic mass is 16.4. The number of rotatable bonds is 2. The third kappa shape index (κ3) is 1.13. The van der Waals surface area contributed by atoms with Crippen LogP contribution in [0.25, 0.3) is 0 Å². The molecule has 0 fully saturated rings. The van der Waals surface area contributed by atoms with Crippen molar-refractivity contribution in [2.45, 2.75) is 0 Å². The lowest BCUT2D eigenvalue weighted by molar-refractivity contribution is 0.101. The number of carbonyl (C=O) groups excluding carboxylic acids is 2. The van der Waals surface area contributed by atoms with E-state index in [2.05, 4.69) is 4.42 Å². The van der Waals surface area contributed by atoms with Gasteiger partial charge in [0.15, 0.2) is 17.8 Å². The fraction of sp³-hybridized carbons (Fsp3) is 0. The molecule has 1 heterocycles. The van der Waals surface area contributed by atoms with Crippen LogP contribution in [0.5, 0.6) is 0 Å². The first kappa shape index (κ1) is 6.74. The molecule has 0 saturated carbocycles. The van der Waals surface area contributed by atoms with Gasteiger partial charge in [-0.15, -0.1) is 0 Å². The van der Waals surface area contributed by atoms with E-state index in [0.29, 0.717) is 6.29 Å². The van der Waals surface area contributed by atoms with Gasteiger partial charge in [-0.2, -0.15) is 0 Å². The lowest BCUT2D eigenvalue weighted by Gasteiger charge is -1.82. The molecule has 0 unspecified atom stereocenters. The highest BCUT2D eigenvalue weighted by molar-refractivity contribution is 5.97. The first-order chi connectivity index (χ1) is 4.74. The Kier molecular flexibility index (Phi) is 1.67. The van der Waals surface area contributed by atoms with Crippen LogP contribution in [-0.2, 0) is 0 Å². The molecule has 3 nitrogen and oxygen atoms in total. The van der Waals surface area contributed by atoms with Gasteiger partial charge in [0.1, 0.15) is 0 Å². The Labute approximate surface area is 57.6 Å². The summed E-state index contributed by atoms with van der Waals surface area (Å²) in [7, 11) is 0. The number of aldehydes is 1. The van der Waals surface area contributed by atoms with Crippen LogP contribution in [0.1, 0.15) is 21.1 Å². The van der Waals surface area contributed by atoms with Crippen molar-refractivity contribution in [3.63, 3.8) is 0 Å². The van der Waals surface area contributed by atoms with Crippen molar-refractivity contribution in [3.8, 4) is 0 Å². The average Bonchev–Trinajstić information content (AvgIpc) is 2.34. The third-order valence-electron chi connectivity index (χ3n) is 0.986. The molecule has 1 aromatic heterocycles. The number of hydrogen-bond donors (Lipinski definition) is 0. The Morgan fingerprint density at radius 1 is 1.60 bits per heavy atom. The van der Waals surface area contributed by atoms with E-state index in [1.807, 2.05) is 0 Å². The molecule has 0 saturated heterocycles. The molecule has 0 aliphatic rings. The second-order valence-electron chi connectivity index (χ2n) is 1.68. The molecule has 0 N–H and O–H groups in total. The summed E-state index contributed by atoms with van der Waals surface area (Å²) < 4.78 is 4.65. The molecule has 1 rings (SSSR count). The fourth-order valence-corrected chi connectivity index (χ4v) is 0.549. The first-order valence-electron chi connectivity index (χ1n) is 2.59. The van der Waals surface area contributed by atoms with Crippen LogP contribution in [0.3, 0.4) is 0 Å². The predicted molar refractivity (Wildman–Crippen MR) is 32.7 cm³/mol. The minimum absolute atomic E-state index is 0.00194. The lowest BCUT2D eigenvalue weighted by Crippen LogP contribution is -1.86. The summed E-state index contributed by atoms with van der Waals surface area (Å²) in [6, 6.07) is 2.74. The zero-order chi connectivity index (χ0) is 7.56. The van der Waals surface area contributed by atoms with Crippen molar-refractivity contribution in [2.75, 3.05) is 0 Å². The summed E-state index contributed by atoms with van der Waals surface area (Å²) in [5.41, 5.74) is 0. The average molecular weight is 136 g/mol. The van der Waals surface area contributed by atoms with Crippen molar-refractivity contribution in [1.82, 2.24) is 0 Å². The molecule has 2 radical (unpaired) electrons. The van der Waals surface area contributed by atoms with Gasteiger partial charge in [0, 0.05) is 6.92 Å². The Balaban J connectivity index is 2.98. The van der Waals surface area contributed by atoms with Gasteiger partial charge in [-0.05, 0) is 12.1 Å². The molecule has 0 atom stereocenters. The molecule has 0 aliphatic heterocycles. The van der Waals surface area contributed by atoms with Crippen LogP contribution in [-0.4, -0.2) is 12.1 Å². The summed E-state index contributed by atoms with van der Waals surface area (Å²) in [5, 5.41) is 0. The minimum Gasteiger partial charge on any atom is -0.450 e. The molecule has 1 aromatic rings. The second-order valence-corrected chi connectivity index (χ2v) is 1.68. The summed E-state index contributed by atoms with van der Waals surface area (Å²) >= 11 is 0. The quantitative estimate of drug-likeness (QED) is 0.449. The van der Waals surface area contributed by atoms with Gasteiger partial charge < -0.3 is 4.42 Å². The van der Waals surface area contributed by atoms with Crippen LogP contribution in [0.2, 0.25) is 0 Å². The van der Waals surface area contributed by atoms with Gasteiger partial charge in [0.2, 0.25) is 5.78 Å². The van der Waals surface area contributed by atoms with Crippen LogP contribution in [0, 0.1) is 6.92 Å². The Hall–Kier alpha value is -1.38. The number of carbonyl (C=O) groups is 2. The van der Waals surface area contributed by atoms with E-state index in [-0.39, 0.29) is 11.5 Å². The molecule has 3 heteroatoms. The van der Waals surface area contributed by atoms with E-state index >= 15 is 0 Å². The monoisotopic (exact) mass is 136 g/mol. The largest absolute Gasteiger partial charge is 0.450 e. The summed E-state index contributed by atoms with van der Waals surface area (Å²) in [5.74, 6) is -0.566. The second kappa shape index (κ2) is 2.47. The van der Waals surface area contributed by atoms with Gasteiger partial charge in [-0.3, -0.25) is 9.59 Å². The van der Waals surface area contributed by atoms with E-state index in [1.54, 1.807) is 0 Å². The Morgan fingerprint density at radius 3 is 2.60 bits per heavy atom. The van der Waals surface area contributed by atoms with Crippen LogP contribution >= 0.6 is 0 Å². The molecule has 0 amide bonds. The van der Waals surface area contributed by atoms with E-state index in [4.69, 9.17) is 6.92 Å². The Bertz CT molecular complexity index is 260. The summed E-state index contributed by atoms with van der Waals surface area (Å²) in [6.07, 6.45) is 0.506. The van der Waals surface area contributed by atoms with Crippen LogP contribution in [0.4, 0.5) is 0 Å². The molecule has 50 valence electrons. The molecular formula is C7H4O3. The smallest absolute Gasteiger partial charge is 0.202 e. The molecule has 10 heavy (non-hydrogen) atoms. The van der Waals surface area contributed by atoms with Gasteiger partial charge in [0.25, 0.3) is 0 Å². The van der Waals surface area contributed by atoms with E-state index in [0.717, 1.165) is 0 Å². The molecule has 0 aliphatic carbocycles. The SMILES string of the molecule is [CH]C(=O)c1ccc(C=O)o1. The van der Waals surface area contributed by atoms with Gasteiger partial charge in [-0.1, -0.05) is 0 Å². The highest BCUT2D eigenvalue weighted by Crippen LogP contribution is 2.05. The molecule has 0 bridgehead atoms. The van der Waals surface area contributed by atoms with Crippen molar-refractivity contribution < 1.29 is 14.0 Å². The fourth-order valence-electron chi connectivity index (χ4n) is 0.549. The van der Waals surface area contributed by atoms with Crippen molar-refractivity contribution in [1.29, 1.82) is 0 Å². The maximum absolute atomic E-state index is 10.3. The summed E-state index contributed by atoms with van der Waals surface area (Å²) in [6.45, 7) is 4.83. The van der Waals surface area contributed by atoms with Crippen molar-refractivity contribution in [2.24, 2.45) is 0 Å². The molecule has 0 aromatic carbocycles. The Morgan fingerprint density at radius 2 is 2.30 bits per heavy atom. The number of Topliss-reactive ketones (excluding diaryl/α,β-unsaturated/α-hetero) is 1. The maximum atomic E-state index is 10.3. The van der Waals surface area contributed by atoms with Crippen LogP contribution < -0.4 is 0 Å². The zero-order valence-electron chi connectivity index (χ0n) is 5.03. The van der Waals surface area contributed by atoms with Crippen molar-refractivity contribution in [3.05, 3.63) is 30.6 Å². The third-order valence-corrected chi connectivity index (χ3v) is 0.986. The van der Waals surface area contributed by atoms with E-state index in [1.165, 1.54) is 12.1 Å².